The van der Waals surface area contributed by atoms with E-state index in [2.05, 4.69) is 46.9 Å². The van der Waals surface area contributed by atoms with E-state index in [4.69, 9.17) is 0 Å². The second kappa shape index (κ2) is 7.57. The van der Waals surface area contributed by atoms with Gasteiger partial charge in [0, 0.05) is 22.1 Å². The average molecular weight is 247 g/mol. The molecule has 2 N–H and O–H groups in total. The molecule has 3 atom stereocenters. The Balaban J connectivity index is 4.19. The second-order valence-electron chi connectivity index (χ2n) is 5.39. The lowest BCUT2D eigenvalue weighted by Gasteiger charge is -2.34. The fourth-order valence-electron chi connectivity index (χ4n) is 2.04. The normalized spacial score (nSPS) is 19.5. The van der Waals surface area contributed by atoms with Gasteiger partial charge in [0.05, 0.1) is 6.61 Å². The lowest BCUT2D eigenvalue weighted by Crippen LogP contribution is -2.50. The predicted molar refractivity (Wildman–Crippen MR) is 75.2 cm³/mol. The molecule has 3 heteroatoms. The van der Waals surface area contributed by atoms with Crippen molar-refractivity contribution in [3.05, 3.63) is 0 Å². The van der Waals surface area contributed by atoms with Crippen LogP contribution in [0, 0.1) is 0 Å². The molecule has 0 aliphatic carbocycles. The highest BCUT2D eigenvalue weighted by molar-refractivity contribution is 8.00. The third kappa shape index (κ3) is 6.77. The van der Waals surface area contributed by atoms with Gasteiger partial charge in [0.2, 0.25) is 0 Å². The monoisotopic (exact) mass is 247 g/mol. The summed E-state index contributed by atoms with van der Waals surface area (Å²) in [6, 6.07) is 0.415. The maximum Gasteiger partial charge on any atom is 0.0611 e. The van der Waals surface area contributed by atoms with Gasteiger partial charge in [-0.2, -0.15) is 11.8 Å². The first-order valence-electron chi connectivity index (χ1n) is 6.37. The molecule has 0 bridgehead atoms. The minimum atomic E-state index is -0.145. The molecule has 0 aliphatic rings. The van der Waals surface area contributed by atoms with Gasteiger partial charge in [-0.3, -0.25) is 0 Å². The topological polar surface area (TPSA) is 32.3 Å². The van der Waals surface area contributed by atoms with Gasteiger partial charge >= 0.3 is 0 Å². The molecule has 0 spiro atoms. The second-order valence-corrected chi connectivity index (χ2v) is 7.27. The van der Waals surface area contributed by atoms with E-state index in [1.54, 1.807) is 0 Å². The number of aliphatic hydroxyl groups excluding tert-OH is 1. The zero-order chi connectivity index (χ0) is 12.8. The van der Waals surface area contributed by atoms with Crippen molar-refractivity contribution in [2.75, 3.05) is 6.61 Å². The Labute approximate surface area is 106 Å². The van der Waals surface area contributed by atoms with Crippen molar-refractivity contribution >= 4 is 11.8 Å². The van der Waals surface area contributed by atoms with Gasteiger partial charge in [0.15, 0.2) is 0 Å². The zero-order valence-corrected chi connectivity index (χ0v) is 12.5. The molecule has 0 heterocycles. The minimum absolute atomic E-state index is 0.145. The van der Waals surface area contributed by atoms with Crippen LogP contribution in [0.2, 0.25) is 0 Å². The smallest absolute Gasteiger partial charge is 0.0611 e. The predicted octanol–water partition coefficient (Wildman–Crippen LogP) is 3.05. The van der Waals surface area contributed by atoms with Crippen LogP contribution in [0.1, 0.15) is 54.4 Å². The molecule has 2 nitrogen and oxygen atoms in total. The summed E-state index contributed by atoms with van der Waals surface area (Å²) in [5.41, 5.74) is -0.145. The molecule has 0 saturated carbocycles. The number of thioether (sulfide) groups is 1. The summed E-state index contributed by atoms with van der Waals surface area (Å²) < 4.78 is 0. The molecular formula is C13H29NOS. The molecular weight excluding hydrogens is 218 g/mol. The molecule has 0 saturated heterocycles. The molecule has 0 aromatic heterocycles. The molecule has 0 aromatic carbocycles. The van der Waals surface area contributed by atoms with E-state index in [1.807, 2.05) is 11.8 Å². The van der Waals surface area contributed by atoms with E-state index >= 15 is 0 Å². The number of hydrogen-bond donors (Lipinski definition) is 2. The number of hydrogen-bond acceptors (Lipinski definition) is 3. The van der Waals surface area contributed by atoms with Crippen molar-refractivity contribution in [2.24, 2.45) is 0 Å². The minimum Gasteiger partial charge on any atom is -0.394 e. The highest BCUT2D eigenvalue weighted by atomic mass is 32.2. The maximum absolute atomic E-state index is 9.50. The van der Waals surface area contributed by atoms with E-state index in [9.17, 15) is 5.11 Å². The van der Waals surface area contributed by atoms with Gasteiger partial charge in [-0.1, -0.05) is 34.6 Å². The summed E-state index contributed by atoms with van der Waals surface area (Å²) in [6.07, 6.45) is 2.22. The fraction of sp³-hybridized carbons (Fsp3) is 1.00. The molecule has 0 rings (SSSR count). The standard InChI is InChI=1S/C13H29NOS/c1-7-11(4)16-12(5)8-13(6,9-15)14-10(2)3/h10-12,14-15H,7-9H2,1-6H3. The Bertz CT molecular complexity index is 187. The number of nitrogens with one attached hydrogen (secondary N) is 1. The molecule has 0 aromatic rings. The fourth-order valence-corrected chi connectivity index (χ4v) is 3.49. The summed E-state index contributed by atoms with van der Waals surface area (Å²) in [6.45, 7) is 13.3. The van der Waals surface area contributed by atoms with Crippen molar-refractivity contribution < 1.29 is 5.11 Å². The van der Waals surface area contributed by atoms with Gasteiger partial charge in [0.1, 0.15) is 0 Å². The highest BCUT2D eigenvalue weighted by Crippen LogP contribution is 2.26. The van der Waals surface area contributed by atoms with Gasteiger partial charge in [-0.05, 0) is 19.8 Å². The van der Waals surface area contributed by atoms with Crippen molar-refractivity contribution in [1.82, 2.24) is 5.32 Å². The number of rotatable bonds is 8. The third-order valence-corrected chi connectivity index (χ3v) is 4.19. The van der Waals surface area contributed by atoms with Gasteiger partial charge in [-0.25, -0.2) is 0 Å². The van der Waals surface area contributed by atoms with Crippen LogP contribution in [0.15, 0.2) is 0 Å². The lowest BCUT2D eigenvalue weighted by molar-refractivity contribution is 0.157. The zero-order valence-electron chi connectivity index (χ0n) is 11.7. The van der Waals surface area contributed by atoms with Crippen LogP contribution in [0.25, 0.3) is 0 Å². The molecule has 98 valence electrons. The SMILES string of the molecule is CCC(C)SC(C)CC(C)(CO)NC(C)C. The van der Waals surface area contributed by atoms with Crippen LogP contribution in [-0.4, -0.2) is 33.8 Å². The van der Waals surface area contributed by atoms with E-state index in [0.717, 1.165) is 6.42 Å². The van der Waals surface area contributed by atoms with Gasteiger partial charge < -0.3 is 10.4 Å². The van der Waals surface area contributed by atoms with E-state index in [-0.39, 0.29) is 12.1 Å². The average Bonchev–Trinajstić information content (AvgIpc) is 2.15. The van der Waals surface area contributed by atoms with Crippen molar-refractivity contribution in [3.63, 3.8) is 0 Å². The Kier molecular flexibility index (Phi) is 7.70. The summed E-state index contributed by atoms with van der Waals surface area (Å²) in [7, 11) is 0. The first kappa shape index (κ1) is 16.3. The first-order valence-corrected chi connectivity index (χ1v) is 7.31. The molecule has 0 radical (unpaired) electrons. The molecule has 3 unspecified atom stereocenters. The Hall–Kier alpha value is 0.270. The quantitative estimate of drug-likeness (QED) is 0.691. The summed E-state index contributed by atoms with van der Waals surface area (Å²) >= 11 is 2.02. The lowest BCUT2D eigenvalue weighted by atomic mass is 9.96. The summed E-state index contributed by atoms with van der Waals surface area (Å²) in [4.78, 5) is 0. The number of aliphatic hydroxyl groups is 1. The van der Waals surface area contributed by atoms with Crippen molar-refractivity contribution in [2.45, 2.75) is 76.5 Å². The van der Waals surface area contributed by atoms with E-state index in [0.29, 0.717) is 16.5 Å². The summed E-state index contributed by atoms with van der Waals surface area (Å²) in [5, 5.41) is 14.3. The van der Waals surface area contributed by atoms with Crippen LogP contribution < -0.4 is 5.32 Å². The van der Waals surface area contributed by atoms with Crippen LogP contribution >= 0.6 is 11.8 Å². The van der Waals surface area contributed by atoms with E-state index < -0.39 is 0 Å². The van der Waals surface area contributed by atoms with Crippen LogP contribution in [0.3, 0.4) is 0 Å². The maximum atomic E-state index is 9.50. The van der Waals surface area contributed by atoms with Crippen LogP contribution in [0.4, 0.5) is 0 Å². The van der Waals surface area contributed by atoms with Crippen molar-refractivity contribution in [1.29, 1.82) is 0 Å². The van der Waals surface area contributed by atoms with Crippen LogP contribution in [0.5, 0.6) is 0 Å². The Morgan fingerprint density at radius 3 is 2.12 bits per heavy atom. The van der Waals surface area contributed by atoms with Gasteiger partial charge in [-0.15, -0.1) is 0 Å². The molecule has 16 heavy (non-hydrogen) atoms. The van der Waals surface area contributed by atoms with Crippen molar-refractivity contribution in [3.8, 4) is 0 Å². The third-order valence-electron chi connectivity index (χ3n) is 2.76. The highest BCUT2D eigenvalue weighted by Gasteiger charge is 2.26. The van der Waals surface area contributed by atoms with Gasteiger partial charge in [0.25, 0.3) is 0 Å². The molecule has 0 amide bonds. The Morgan fingerprint density at radius 1 is 1.19 bits per heavy atom. The van der Waals surface area contributed by atoms with Crippen LogP contribution in [-0.2, 0) is 0 Å². The summed E-state index contributed by atoms with van der Waals surface area (Å²) in [5.74, 6) is 0. The largest absolute Gasteiger partial charge is 0.394 e. The first-order chi connectivity index (χ1) is 7.33. The molecule has 0 aliphatic heterocycles. The van der Waals surface area contributed by atoms with E-state index in [1.165, 1.54) is 6.42 Å². The molecule has 0 fully saturated rings. The Morgan fingerprint density at radius 2 is 1.75 bits per heavy atom.